The van der Waals surface area contributed by atoms with Crippen molar-refractivity contribution in [1.82, 2.24) is 5.06 Å². The van der Waals surface area contributed by atoms with Crippen molar-refractivity contribution >= 4 is 9.84 Å². The van der Waals surface area contributed by atoms with Crippen LogP contribution in [0.2, 0.25) is 0 Å². The molecule has 0 aromatic heterocycles. The number of hydrogen-bond acceptors (Lipinski definition) is 4. The van der Waals surface area contributed by atoms with Crippen LogP contribution in [0.5, 0.6) is 0 Å². The van der Waals surface area contributed by atoms with Gasteiger partial charge in [0.15, 0.2) is 9.84 Å². The predicted octanol–water partition coefficient (Wildman–Crippen LogP) is -0.115. The first-order valence-electron chi connectivity index (χ1n) is 3.63. The topological polar surface area (TPSA) is 57.6 Å². The molecule has 0 bridgehead atoms. The molecular formula is C6H13NO3S. The van der Waals surface area contributed by atoms with Crippen LogP contribution in [0.25, 0.3) is 0 Å². The van der Waals surface area contributed by atoms with Gasteiger partial charge in [-0.25, -0.2) is 8.42 Å². The molecule has 1 aliphatic heterocycles. The van der Waals surface area contributed by atoms with Crippen LogP contribution in [0.1, 0.15) is 12.8 Å². The Morgan fingerprint density at radius 1 is 1.55 bits per heavy atom. The molecule has 1 aliphatic rings. The second-order valence-electron chi connectivity index (χ2n) is 2.98. The van der Waals surface area contributed by atoms with E-state index in [4.69, 9.17) is 5.21 Å². The minimum Gasteiger partial charge on any atom is -0.314 e. The Morgan fingerprint density at radius 2 is 2.18 bits per heavy atom. The Bertz CT molecular complexity index is 222. The van der Waals surface area contributed by atoms with Crippen LogP contribution >= 0.6 is 0 Å². The third-order valence-electron chi connectivity index (χ3n) is 1.97. The van der Waals surface area contributed by atoms with Crippen molar-refractivity contribution in [1.29, 1.82) is 0 Å². The van der Waals surface area contributed by atoms with E-state index in [1.54, 1.807) is 0 Å². The first-order chi connectivity index (χ1) is 5.01. The lowest BCUT2D eigenvalue weighted by Gasteiger charge is -2.25. The molecule has 4 nitrogen and oxygen atoms in total. The molecule has 0 radical (unpaired) electrons. The zero-order valence-electron chi connectivity index (χ0n) is 6.52. The van der Waals surface area contributed by atoms with E-state index >= 15 is 0 Å². The Kier molecular flexibility index (Phi) is 2.51. The van der Waals surface area contributed by atoms with E-state index in [1.807, 2.05) is 0 Å². The second-order valence-corrected chi connectivity index (χ2v) is 5.21. The third kappa shape index (κ3) is 2.43. The van der Waals surface area contributed by atoms with Gasteiger partial charge in [0, 0.05) is 13.1 Å². The van der Waals surface area contributed by atoms with Crippen LogP contribution in [0.4, 0.5) is 0 Å². The summed E-state index contributed by atoms with van der Waals surface area (Å²) in [6.07, 6.45) is 1.43. The number of nitrogens with zero attached hydrogens (tertiary/aromatic N) is 1. The maximum absolute atomic E-state index is 11.0. The van der Waals surface area contributed by atoms with Crippen LogP contribution in [0.15, 0.2) is 0 Å². The van der Waals surface area contributed by atoms with Crippen LogP contribution in [-0.4, -0.2) is 43.3 Å². The van der Waals surface area contributed by atoms with Gasteiger partial charge in [-0.1, -0.05) is 0 Å². The summed E-state index contributed by atoms with van der Waals surface area (Å²) in [5.74, 6) is 0.372. The first-order valence-corrected chi connectivity index (χ1v) is 5.45. The average molecular weight is 179 g/mol. The fourth-order valence-electron chi connectivity index (χ4n) is 1.29. The SMILES string of the molecule is CN(O)C1CCCS(=O)(=O)C1. The highest BCUT2D eigenvalue weighted by atomic mass is 32.2. The molecule has 1 atom stereocenters. The summed E-state index contributed by atoms with van der Waals surface area (Å²) >= 11 is 0. The maximum Gasteiger partial charge on any atom is 0.151 e. The lowest BCUT2D eigenvalue weighted by atomic mass is 10.2. The number of hydrogen-bond donors (Lipinski definition) is 1. The van der Waals surface area contributed by atoms with Crippen molar-refractivity contribution in [2.24, 2.45) is 0 Å². The zero-order valence-corrected chi connectivity index (χ0v) is 7.34. The van der Waals surface area contributed by atoms with Crippen molar-refractivity contribution in [3.8, 4) is 0 Å². The zero-order chi connectivity index (χ0) is 8.48. The molecule has 11 heavy (non-hydrogen) atoms. The molecule has 5 heteroatoms. The molecular weight excluding hydrogens is 166 g/mol. The minimum absolute atomic E-state index is 0.0972. The van der Waals surface area contributed by atoms with Crippen molar-refractivity contribution in [2.45, 2.75) is 18.9 Å². The van der Waals surface area contributed by atoms with Gasteiger partial charge in [-0.05, 0) is 12.8 Å². The quantitative estimate of drug-likeness (QED) is 0.570. The smallest absolute Gasteiger partial charge is 0.151 e. The average Bonchev–Trinajstić information content (AvgIpc) is 1.85. The number of sulfone groups is 1. The second kappa shape index (κ2) is 3.08. The molecule has 1 fully saturated rings. The molecule has 1 N–H and O–H groups in total. The monoisotopic (exact) mass is 179 g/mol. The molecule has 1 unspecified atom stereocenters. The van der Waals surface area contributed by atoms with E-state index in [9.17, 15) is 8.42 Å². The summed E-state index contributed by atoms with van der Waals surface area (Å²) in [6.45, 7) is 0. The van der Waals surface area contributed by atoms with E-state index in [-0.39, 0.29) is 17.5 Å². The van der Waals surface area contributed by atoms with Crippen LogP contribution in [0, 0.1) is 0 Å². The van der Waals surface area contributed by atoms with Crippen LogP contribution in [0.3, 0.4) is 0 Å². The van der Waals surface area contributed by atoms with Gasteiger partial charge in [-0.15, -0.1) is 0 Å². The molecule has 0 aromatic rings. The molecule has 0 aliphatic carbocycles. The van der Waals surface area contributed by atoms with Gasteiger partial charge in [-0.3, -0.25) is 0 Å². The maximum atomic E-state index is 11.0. The van der Waals surface area contributed by atoms with Gasteiger partial charge in [0.1, 0.15) is 0 Å². The fourth-order valence-corrected chi connectivity index (χ4v) is 3.04. The summed E-state index contributed by atoms with van der Waals surface area (Å²) in [4.78, 5) is 0. The molecule has 0 spiro atoms. The van der Waals surface area contributed by atoms with Crippen molar-refractivity contribution < 1.29 is 13.6 Å². The summed E-state index contributed by atoms with van der Waals surface area (Å²) in [5.41, 5.74) is 0. The van der Waals surface area contributed by atoms with Crippen LogP contribution in [-0.2, 0) is 9.84 Å². The van der Waals surface area contributed by atoms with E-state index < -0.39 is 9.84 Å². The van der Waals surface area contributed by atoms with Crippen LogP contribution < -0.4 is 0 Å². The highest BCUT2D eigenvalue weighted by Gasteiger charge is 2.26. The van der Waals surface area contributed by atoms with Gasteiger partial charge >= 0.3 is 0 Å². The van der Waals surface area contributed by atoms with Gasteiger partial charge in [0.25, 0.3) is 0 Å². The summed E-state index contributed by atoms with van der Waals surface area (Å²) in [6, 6.07) is -0.200. The Balaban J connectivity index is 2.61. The van der Waals surface area contributed by atoms with Gasteiger partial charge in [-0.2, -0.15) is 5.06 Å². The molecule has 0 amide bonds. The molecule has 66 valence electrons. The summed E-state index contributed by atoms with van der Waals surface area (Å²) in [5, 5.41) is 9.97. The molecule has 1 heterocycles. The lowest BCUT2D eigenvalue weighted by molar-refractivity contribution is -0.0984. The Labute approximate surface area is 66.7 Å². The third-order valence-corrected chi connectivity index (χ3v) is 3.77. The van der Waals surface area contributed by atoms with Gasteiger partial charge in [0.2, 0.25) is 0 Å². The highest BCUT2D eigenvalue weighted by molar-refractivity contribution is 7.91. The number of hydroxylamine groups is 2. The first kappa shape index (κ1) is 8.96. The minimum atomic E-state index is -2.88. The largest absolute Gasteiger partial charge is 0.314 e. The van der Waals surface area contributed by atoms with Gasteiger partial charge in [0.05, 0.1) is 11.5 Å². The molecule has 1 saturated heterocycles. The Morgan fingerprint density at radius 3 is 2.55 bits per heavy atom. The summed E-state index contributed by atoms with van der Waals surface area (Å²) in [7, 11) is -1.39. The van der Waals surface area contributed by atoms with E-state index in [0.29, 0.717) is 6.42 Å². The Hall–Kier alpha value is -0.130. The molecule has 0 aromatic carbocycles. The van der Waals surface area contributed by atoms with Gasteiger partial charge < -0.3 is 5.21 Å². The van der Waals surface area contributed by atoms with E-state index in [0.717, 1.165) is 11.5 Å². The highest BCUT2D eigenvalue weighted by Crippen LogP contribution is 2.14. The van der Waals surface area contributed by atoms with Crippen molar-refractivity contribution in [2.75, 3.05) is 18.6 Å². The summed E-state index contributed by atoms with van der Waals surface area (Å²) < 4.78 is 22.1. The van der Waals surface area contributed by atoms with Crippen molar-refractivity contribution in [3.63, 3.8) is 0 Å². The van der Waals surface area contributed by atoms with E-state index in [2.05, 4.69) is 0 Å². The van der Waals surface area contributed by atoms with Crippen molar-refractivity contribution in [3.05, 3.63) is 0 Å². The lowest BCUT2D eigenvalue weighted by Crippen LogP contribution is -2.39. The fraction of sp³-hybridized carbons (Fsp3) is 1.00. The van der Waals surface area contributed by atoms with E-state index in [1.165, 1.54) is 7.05 Å². The normalized spacial score (nSPS) is 30.6. The predicted molar refractivity (Wildman–Crippen MR) is 41.2 cm³/mol. The standard InChI is InChI=1S/C6H13NO3S/c1-7(8)6-3-2-4-11(9,10)5-6/h6,8H,2-5H2,1H3. The molecule has 1 rings (SSSR count). The number of rotatable bonds is 1. The molecule has 0 saturated carbocycles.